The van der Waals surface area contributed by atoms with E-state index < -0.39 is 0 Å². The van der Waals surface area contributed by atoms with Crippen molar-refractivity contribution in [2.45, 2.75) is 0 Å². The van der Waals surface area contributed by atoms with Gasteiger partial charge in [-0.25, -0.2) is 4.98 Å². The third-order valence-electron chi connectivity index (χ3n) is 9.82. The Labute approximate surface area is 290 Å². The van der Waals surface area contributed by atoms with Gasteiger partial charge in [-0.15, -0.1) is 11.3 Å². The van der Waals surface area contributed by atoms with Crippen molar-refractivity contribution < 1.29 is 8.83 Å². The molecular weight excluding hydrogens is 633 g/mol. The van der Waals surface area contributed by atoms with Crippen LogP contribution in [0.1, 0.15) is 0 Å². The third-order valence-corrected chi connectivity index (χ3v) is 11.0. The maximum Gasteiger partial charge on any atom is 0.228 e. The zero-order valence-electron chi connectivity index (χ0n) is 26.6. The van der Waals surface area contributed by atoms with Gasteiger partial charge < -0.3 is 13.7 Å². The second kappa shape index (κ2) is 10.5. The van der Waals surface area contributed by atoms with Gasteiger partial charge in [0.05, 0.1) is 10.4 Å². The van der Waals surface area contributed by atoms with E-state index >= 15 is 0 Å². The minimum atomic E-state index is 0.586. The standard InChI is InChI=1S/C45H26N2O2S/c1-2-14-31(15-3-1)47(38-18-8-16-33-36-22-27-10-4-7-13-30(27)25-42(36)50-44(33)38)32-20-21-34-40(26-32)48-39-19-9-17-35(43(34)39)45-46-37-23-28-11-5-6-12-29(28)24-41(37)49-45/h1-26H. The molecule has 11 aromatic rings. The highest BCUT2D eigenvalue weighted by Crippen LogP contribution is 2.47. The van der Waals surface area contributed by atoms with Crippen LogP contribution in [0.15, 0.2) is 167 Å². The maximum absolute atomic E-state index is 6.60. The van der Waals surface area contributed by atoms with Crippen LogP contribution in [0.25, 0.3) is 86.2 Å². The summed E-state index contributed by atoms with van der Waals surface area (Å²) in [5.41, 5.74) is 7.37. The van der Waals surface area contributed by atoms with E-state index in [4.69, 9.17) is 13.8 Å². The third kappa shape index (κ3) is 4.14. The van der Waals surface area contributed by atoms with Crippen molar-refractivity contribution in [1.82, 2.24) is 4.98 Å². The van der Waals surface area contributed by atoms with Gasteiger partial charge in [-0.1, -0.05) is 84.9 Å². The van der Waals surface area contributed by atoms with Crippen molar-refractivity contribution in [2.75, 3.05) is 4.90 Å². The van der Waals surface area contributed by atoms with Crippen molar-refractivity contribution in [3.63, 3.8) is 0 Å². The topological polar surface area (TPSA) is 42.4 Å². The molecule has 0 aliphatic carbocycles. The van der Waals surface area contributed by atoms with Crippen molar-refractivity contribution in [2.24, 2.45) is 0 Å². The van der Waals surface area contributed by atoms with Gasteiger partial charge in [0.1, 0.15) is 16.7 Å². The van der Waals surface area contributed by atoms with Crippen LogP contribution >= 0.6 is 11.3 Å². The Bertz CT molecular complexity index is 3060. The molecule has 50 heavy (non-hydrogen) atoms. The molecule has 11 rings (SSSR count). The number of nitrogens with zero attached hydrogens (tertiary/aromatic N) is 2. The van der Waals surface area contributed by atoms with Crippen LogP contribution in [-0.2, 0) is 0 Å². The van der Waals surface area contributed by atoms with E-state index in [9.17, 15) is 0 Å². The predicted molar refractivity (Wildman–Crippen MR) is 209 cm³/mol. The second-order valence-electron chi connectivity index (χ2n) is 12.8. The number of hydrogen-bond acceptors (Lipinski definition) is 5. The van der Waals surface area contributed by atoms with Gasteiger partial charge in [-0.2, -0.15) is 0 Å². The summed E-state index contributed by atoms with van der Waals surface area (Å²) in [5.74, 6) is 0.586. The molecule has 8 aromatic carbocycles. The van der Waals surface area contributed by atoms with Gasteiger partial charge in [0.2, 0.25) is 5.89 Å². The molecule has 0 saturated heterocycles. The summed E-state index contributed by atoms with van der Waals surface area (Å²) in [4.78, 5) is 7.29. The molecule has 0 radical (unpaired) electrons. The molecule has 0 aliphatic heterocycles. The lowest BCUT2D eigenvalue weighted by molar-refractivity contribution is 0.620. The highest BCUT2D eigenvalue weighted by molar-refractivity contribution is 7.26. The van der Waals surface area contributed by atoms with Crippen LogP contribution < -0.4 is 4.90 Å². The zero-order chi connectivity index (χ0) is 32.8. The average molecular weight is 659 g/mol. The fraction of sp³-hybridized carbons (Fsp3) is 0. The fourth-order valence-electron chi connectivity index (χ4n) is 7.51. The molecule has 0 aliphatic rings. The van der Waals surface area contributed by atoms with Crippen LogP contribution in [0, 0.1) is 0 Å². The Kier molecular flexibility index (Phi) is 5.80. The molecule has 0 saturated carbocycles. The number of oxazole rings is 1. The van der Waals surface area contributed by atoms with E-state index in [0.29, 0.717) is 5.89 Å². The van der Waals surface area contributed by atoms with Crippen molar-refractivity contribution in [3.05, 3.63) is 158 Å². The van der Waals surface area contributed by atoms with Gasteiger partial charge >= 0.3 is 0 Å². The minimum absolute atomic E-state index is 0.586. The number of furan rings is 1. The summed E-state index contributed by atoms with van der Waals surface area (Å²) in [6.45, 7) is 0. The molecule has 0 amide bonds. The maximum atomic E-state index is 6.60. The average Bonchev–Trinajstić information content (AvgIpc) is 3.86. The predicted octanol–water partition coefficient (Wildman–Crippen LogP) is 13.5. The Morgan fingerprint density at radius 1 is 0.480 bits per heavy atom. The molecule has 0 atom stereocenters. The molecule has 3 heterocycles. The van der Waals surface area contributed by atoms with E-state index in [1.165, 1.54) is 30.9 Å². The number of para-hydroxylation sites is 1. The molecule has 0 bridgehead atoms. The summed E-state index contributed by atoms with van der Waals surface area (Å²) in [6, 6.07) is 55.5. The molecule has 0 N–H and O–H groups in total. The summed E-state index contributed by atoms with van der Waals surface area (Å²) in [5, 5.41) is 9.34. The highest BCUT2D eigenvalue weighted by atomic mass is 32.1. The first-order valence-corrected chi connectivity index (χ1v) is 17.5. The van der Waals surface area contributed by atoms with Crippen molar-refractivity contribution >= 4 is 103 Å². The van der Waals surface area contributed by atoms with Gasteiger partial charge in [0, 0.05) is 49.2 Å². The first-order valence-electron chi connectivity index (χ1n) is 16.7. The largest absolute Gasteiger partial charge is 0.456 e. The van der Waals surface area contributed by atoms with Crippen LogP contribution in [0.5, 0.6) is 0 Å². The molecule has 5 heteroatoms. The molecule has 4 nitrogen and oxygen atoms in total. The van der Waals surface area contributed by atoms with Crippen LogP contribution in [0.4, 0.5) is 17.1 Å². The molecule has 0 fully saturated rings. The van der Waals surface area contributed by atoms with E-state index in [1.54, 1.807) is 0 Å². The van der Waals surface area contributed by atoms with Gasteiger partial charge in [0.15, 0.2) is 5.58 Å². The molecule has 0 spiro atoms. The number of aromatic nitrogens is 1. The monoisotopic (exact) mass is 658 g/mol. The van der Waals surface area contributed by atoms with Crippen LogP contribution in [0.2, 0.25) is 0 Å². The number of benzene rings is 8. The zero-order valence-corrected chi connectivity index (χ0v) is 27.4. The first kappa shape index (κ1) is 27.5. The van der Waals surface area contributed by atoms with E-state index in [0.717, 1.165) is 66.4 Å². The Morgan fingerprint density at radius 3 is 2.06 bits per heavy atom. The number of rotatable bonds is 4. The Morgan fingerprint density at radius 2 is 1.22 bits per heavy atom. The normalized spacial score (nSPS) is 12.0. The quantitative estimate of drug-likeness (QED) is 0.189. The number of hydrogen-bond donors (Lipinski definition) is 0. The summed E-state index contributed by atoms with van der Waals surface area (Å²) < 4.78 is 15.5. The Hall–Kier alpha value is -6.43. The van der Waals surface area contributed by atoms with Gasteiger partial charge in [0.25, 0.3) is 0 Å². The van der Waals surface area contributed by atoms with E-state index in [1.807, 2.05) is 35.6 Å². The number of thiophene rings is 1. The van der Waals surface area contributed by atoms with Gasteiger partial charge in [-0.05, 0) is 88.3 Å². The fourth-order valence-corrected chi connectivity index (χ4v) is 8.75. The summed E-state index contributed by atoms with van der Waals surface area (Å²) in [7, 11) is 0. The molecular formula is C45H26N2O2S. The van der Waals surface area contributed by atoms with E-state index in [-0.39, 0.29) is 0 Å². The smallest absolute Gasteiger partial charge is 0.228 e. The molecule has 234 valence electrons. The second-order valence-corrected chi connectivity index (χ2v) is 13.8. The minimum Gasteiger partial charge on any atom is -0.456 e. The highest BCUT2D eigenvalue weighted by Gasteiger charge is 2.21. The first-order chi connectivity index (χ1) is 24.7. The van der Waals surface area contributed by atoms with E-state index in [2.05, 4.69) is 138 Å². The summed E-state index contributed by atoms with van der Waals surface area (Å²) >= 11 is 1.85. The number of anilines is 3. The Balaban J connectivity index is 1.10. The lowest BCUT2D eigenvalue weighted by Crippen LogP contribution is -2.09. The molecule has 3 aromatic heterocycles. The summed E-state index contributed by atoms with van der Waals surface area (Å²) in [6.07, 6.45) is 0. The SMILES string of the molecule is c1ccc(N(c2ccc3c(c2)oc2cccc(-c4nc5cc6ccccc6cc5o4)c23)c2cccc3c2sc2cc4ccccc4cc23)cc1. The lowest BCUT2D eigenvalue weighted by atomic mass is 10.0. The van der Waals surface area contributed by atoms with Gasteiger partial charge in [-0.3, -0.25) is 0 Å². The number of fused-ring (bicyclic) bond motifs is 9. The van der Waals surface area contributed by atoms with Crippen molar-refractivity contribution in [1.29, 1.82) is 0 Å². The van der Waals surface area contributed by atoms with Crippen LogP contribution in [-0.4, -0.2) is 4.98 Å². The lowest BCUT2D eigenvalue weighted by Gasteiger charge is -2.26. The molecule has 0 unspecified atom stereocenters. The van der Waals surface area contributed by atoms with Crippen molar-refractivity contribution in [3.8, 4) is 11.5 Å². The van der Waals surface area contributed by atoms with Crippen LogP contribution in [0.3, 0.4) is 0 Å².